The van der Waals surface area contributed by atoms with E-state index in [0.29, 0.717) is 17.2 Å². The van der Waals surface area contributed by atoms with E-state index in [1.54, 1.807) is 18.2 Å². The molecule has 2 aromatic carbocycles. The monoisotopic (exact) mass is 481 g/mol. The molecule has 1 aromatic heterocycles. The molecule has 34 heavy (non-hydrogen) atoms. The standard InChI is InChI=1S/C24H22ClN3O4.C2H6/c25-19-10-6-9-18(15-17-7-2-1-3-8-17)23(19)32-14-5-4-12-27-16-26-28-13-11-20(29)22(30)21(28)24(27)31;1-2/h1-11,13,26,30H,12,14-16H2;1-2H3/b5-4+;. The second-order valence-corrected chi connectivity index (χ2v) is 7.67. The number of pyridine rings is 1. The number of ether oxygens (including phenoxy) is 1. The van der Waals surface area contributed by atoms with Gasteiger partial charge in [0, 0.05) is 30.8 Å². The summed E-state index contributed by atoms with van der Waals surface area (Å²) in [5.41, 5.74) is 4.44. The van der Waals surface area contributed by atoms with Gasteiger partial charge in [-0.15, -0.1) is 0 Å². The zero-order valence-corrected chi connectivity index (χ0v) is 20.0. The number of amides is 1. The van der Waals surface area contributed by atoms with Gasteiger partial charge in [0.15, 0.2) is 11.4 Å². The molecule has 1 aliphatic rings. The minimum absolute atomic E-state index is 0.0741. The van der Waals surface area contributed by atoms with Crippen molar-refractivity contribution in [2.45, 2.75) is 20.3 Å². The maximum absolute atomic E-state index is 12.6. The van der Waals surface area contributed by atoms with Gasteiger partial charge in [-0.3, -0.25) is 14.3 Å². The predicted molar refractivity (Wildman–Crippen MR) is 134 cm³/mol. The van der Waals surface area contributed by atoms with Gasteiger partial charge < -0.3 is 20.2 Å². The van der Waals surface area contributed by atoms with Crippen molar-refractivity contribution in [3.8, 4) is 11.5 Å². The highest BCUT2D eigenvalue weighted by Crippen LogP contribution is 2.30. The SMILES string of the molecule is CC.O=C1c2c(O)c(=O)ccn2NCN1C/C=C/COc1c(Cl)cccc1Cc1ccccc1. The maximum atomic E-state index is 12.6. The molecule has 178 valence electrons. The zero-order valence-electron chi connectivity index (χ0n) is 19.2. The van der Waals surface area contributed by atoms with E-state index in [0.717, 1.165) is 11.1 Å². The van der Waals surface area contributed by atoms with Gasteiger partial charge in [-0.25, -0.2) is 0 Å². The minimum atomic E-state index is -0.594. The van der Waals surface area contributed by atoms with Crippen molar-refractivity contribution in [3.63, 3.8) is 0 Å². The molecule has 0 unspecified atom stereocenters. The Morgan fingerprint density at radius 1 is 1.06 bits per heavy atom. The number of carbonyl (C=O) groups excluding carboxylic acids is 1. The summed E-state index contributed by atoms with van der Waals surface area (Å²) in [5.74, 6) is -0.357. The Kier molecular flexibility index (Phi) is 8.76. The lowest BCUT2D eigenvalue weighted by Crippen LogP contribution is -2.46. The lowest BCUT2D eigenvalue weighted by molar-refractivity contribution is 0.0741. The van der Waals surface area contributed by atoms with Crippen LogP contribution in [0.5, 0.6) is 11.5 Å². The van der Waals surface area contributed by atoms with Crippen LogP contribution in [0.25, 0.3) is 0 Å². The summed E-state index contributed by atoms with van der Waals surface area (Å²) in [7, 11) is 0. The van der Waals surface area contributed by atoms with E-state index in [-0.39, 0.29) is 25.5 Å². The molecule has 8 heteroatoms. The minimum Gasteiger partial charge on any atom is -0.502 e. The average Bonchev–Trinajstić information content (AvgIpc) is 2.85. The Morgan fingerprint density at radius 2 is 1.82 bits per heavy atom. The van der Waals surface area contributed by atoms with Gasteiger partial charge in [0.25, 0.3) is 5.91 Å². The zero-order chi connectivity index (χ0) is 24.5. The molecule has 2 heterocycles. The van der Waals surface area contributed by atoms with Crippen molar-refractivity contribution >= 4 is 17.5 Å². The number of fused-ring (bicyclic) bond motifs is 1. The summed E-state index contributed by atoms with van der Waals surface area (Å²) in [6.45, 7) is 4.81. The molecule has 0 aliphatic carbocycles. The van der Waals surface area contributed by atoms with Crippen LogP contribution in [0.4, 0.5) is 0 Å². The molecule has 2 N–H and O–H groups in total. The Labute approximate surface area is 203 Å². The van der Waals surface area contributed by atoms with Crippen LogP contribution < -0.4 is 15.6 Å². The highest BCUT2D eigenvalue weighted by molar-refractivity contribution is 6.32. The van der Waals surface area contributed by atoms with E-state index in [2.05, 4.69) is 17.6 Å². The molecule has 4 rings (SSSR count). The number of aromatic hydroxyl groups is 1. The molecular formula is C26H28ClN3O4. The van der Waals surface area contributed by atoms with Crippen molar-refractivity contribution in [1.29, 1.82) is 0 Å². The first kappa shape index (κ1) is 24.9. The summed E-state index contributed by atoms with van der Waals surface area (Å²) >= 11 is 6.36. The molecule has 0 saturated heterocycles. The lowest BCUT2D eigenvalue weighted by Gasteiger charge is -2.30. The van der Waals surface area contributed by atoms with Crippen molar-refractivity contribution in [1.82, 2.24) is 9.58 Å². The topological polar surface area (TPSA) is 83.8 Å². The van der Waals surface area contributed by atoms with Gasteiger partial charge in [0.05, 0.1) is 5.02 Å². The molecular weight excluding hydrogens is 454 g/mol. The molecule has 0 fully saturated rings. The fraction of sp³-hybridized carbons (Fsp3) is 0.231. The second-order valence-electron chi connectivity index (χ2n) is 7.26. The normalized spacial score (nSPS) is 12.6. The number of aromatic nitrogens is 1. The van der Waals surface area contributed by atoms with Gasteiger partial charge >= 0.3 is 0 Å². The fourth-order valence-corrected chi connectivity index (χ4v) is 3.71. The quantitative estimate of drug-likeness (QED) is 0.488. The Hall–Kier alpha value is -3.71. The first-order valence-corrected chi connectivity index (χ1v) is 11.5. The third-order valence-corrected chi connectivity index (χ3v) is 5.40. The summed E-state index contributed by atoms with van der Waals surface area (Å²) in [6, 6.07) is 17.0. The van der Waals surface area contributed by atoms with Crippen LogP contribution in [0.3, 0.4) is 0 Å². The van der Waals surface area contributed by atoms with E-state index in [1.165, 1.54) is 21.8 Å². The van der Waals surface area contributed by atoms with Gasteiger partial charge in [-0.2, -0.15) is 0 Å². The third-order valence-electron chi connectivity index (χ3n) is 5.10. The molecule has 1 aliphatic heterocycles. The molecule has 1 amide bonds. The molecule has 7 nitrogen and oxygen atoms in total. The summed E-state index contributed by atoms with van der Waals surface area (Å²) in [4.78, 5) is 25.7. The number of hydrogen-bond acceptors (Lipinski definition) is 5. The van der Waals surface area contributed by atoms with Crippen LogP contribution in [0.2, 0.25) is 5.02 Å². The number of nitrogens with zero attached hydrogens (tertiary/aromatic N) is 2. The lowest BCUT2D eigenvalue weighted by atomic mass is 10.0. The molecule has 3 aromatic rings. The third kappa shape index (κ3) is 5.80. The first-order chi connectivity index (χ1) is 16.5. The number of carbonyl (C=O) groups is 1. The number of benzene rings is 2. The maximum Gasteiger partial charge on any atom is 0.278 e. The molecule has 0 radical (unpaired) electrons. The van der Waals surface area contributed by atoms with E-state index in [1.807, 2.05) is 44.2 Å². The number of para-hydroxylation sites is 1. The number of halogens is 1. The highest BCUT2D eigenvalue weighted by Gasteiger charge is 2.27. The van der Waals surface area contributed by atoms with Crippen molar-refractivity contribution in [2.24, 2.45) is 0 Å². The van der Waals surface area contributed by atoms with Crippen LogP contribution in [-0.4, -0.2) is 40.4 Å². The van der Waals surface area contributed by atoms with Crippen LogP contribution in [0.15, 0.2) is 77.7 Å². The fourth-order valence-electron chi connectivity index (χ4n) is 3.46. The van der Waals surface area contributed by atoms with Gasteiger partial charge in [0.2, 0.25) is 5.43 Å². The van der Waals surface area contributed by atoms with E-state index >= 15 is 0 Å². The highest BCUT2D eigenvalue weighted by atomic mass is 35.5. The number of rotatable bonds is 7. The molecule has 0 saturated carbocycles. The van der Waals surface area contributed by atoms with E-state index in [4.69, 9.17) is 16.3 Å². The smallest absolute Gasteiger partial charge is 0.278 e. The summed E-state index contributed by atoms with van der Waals surface area (Å²) < 4.78 is 7.28. The molecule has 0 atom stereocenters. The van der Waals surface area contributed by atoms with Gasteiger partial charge in [-0.05, 0) is 17.7 Å². The molecule has 0 bridgehead atoms. The summed E-state index contributed by atoms with van der Waals surface area (Å²) in [5, 5.41) is 10.5. The predicted octanol–water partition coefficient (Wildman–Crippen LogP) is 4.42. The van der Waals surface area contributed by atoms with Crippen molar-refractivity contribution < 1.29 is 14.6 Å². The van der Waals surface area contributed by atoms with Crippen LogP contribution >= 0.6 is 11.6 Å². The largest absolute Gasteiger partial charge is 0.502 e. The second kappa shape index (κ2) is 12.0. The van der Waals surface area contributed by atoms with E-state index in [9.17, 15) is 14.7 Å². The van der Waals surface area contributed by atoms with Crippen molar-refractivity contribution in [2.75, 3.05) is 25.2 Å². The van der Waals surface area contributed by atoms with E-state index < -0.39 is 17.1 Å². The average molecular weight is 482 g/mol. The first-order valence-electron chi connectivity index (χ1n) is 11.1. The molecule has 0 spiro atoms. The Morgan fingerprint density at radius 3 is 2.59 bits per heavy atom. The Bertz CT molecular complexity index is 1210. The number of nitrogens with one attached hydrogen (secondary N) is 1. The van der Waals surface area contributed by atoms with Gasteiger partial charge in [-0.1, -0.05) is 74.0 Å². The van der Waals surface area contributed by atoms with Gasteiger partial charge in [0.1, 0.15) is 19.0 Å². The van der Waals surface area contributed by atoms with Crippen LogP contribution in [0, 0.1) is 0 Å². The summed E-state index contributed by atoms with van der Waals surface area (Å²) in [6.07, 6.45) is 5.72. The van der Waals surface area contributed by atoms with Crippen LogP contribution in [-0.2, 0) is 6.42 Å². The Balaban J connectivity index is 0.00000158. The van der Waals surface area contributed by atoms with Crippen molar-refractivity contribution in [3.05, 3.63) is 105 Å². The number of hydrogen-bond donors (Lipinski definition) is 2. The van der Waals surface area contributed by atoms with Crippen LogP contribution in [0.1, 0.15) is 35.5 Å².